The molecule has 2 aromatic carbocycles. The lowest BCUT2D eigenvalue weighted by molar-refractivity contribution is -0.124. The van der Waals surface area contributed by atoms with Crippen molar-refractivity contribution in [1.29, 1.82) is 0 Å². The Kier molecular flexibility index (Phi) is 5.21. The lowest BCUT2D eigenvalue weighted by atomic mass is 10.2. The van der Waals surface area contributed by atoms with Gasteiger partial charge in [-0.3, -0.25) is 14.5 Å². The number of sulfonamides is 1. The predicted octanol–water partition coefficient (Wildman–Crippen LogP) is 3.46. The number of carbonyl (C=O) groups is 1. The van der Waals surface area contributed by atoms with Gasteiger partial charge in [0.15, 0.2) is 0 Å². The first-order chi connectivity index (χ1) is 13.9. The fourth-order valence-electron chi connectivity index (χ4n) is 3.30. The van der Waals surface area contributed by atoms with Crippen molar-refractivity contribution in [2.24, 2.45) is 0 Å². The lowest BCUT2D eigenvalue weighted by Crippen LogP contribution is -2.26. The maximum absolute atomic E-state index is 12.9. The van der Waals surface area contributed by atoms with Crippen LogP contribution in [0.2, 0.25) is 0 Å². The van der Waals surface area contributed by atoms with Crippen molar-refractivity contribution in [3.05, 3.63) is 60.3 Å². The van der Waals surface area contributed by atoms with Gasteiger partial charge < -0.3 is 10.1 Å². The van der Waals surface area contributed by atoms with Crippen LogP contribution >= 0.6 is 0 Å². The molecule has 3 aromatic rings. The second-order valence-electron chi connectivity index (χ2n) is 7.01. The summed E-state index contributed by atoms with van der Waals surface area (Å²) in [4.78, 5) is 16.5. The summed E-state index contributed by atoms with van der Waals surface area (Å²) in [5.41, 5.74) is 2.35. The van der Waals surface area contributed by atoms with E-state index in [0.29, 0.717) is 29.9 Å². The lowest BCUT2D eigenvalue weighted by Gasteiger charge is -2.12. The number of hydrogen-bond donors (Lipinski definition) is 2. The van der Waals surface area contributed by atoms with Crippen LogP contribution in [0.1, 0.15) is 18.4 Å². The highest BCUT2D eigenvalue weighted by atomic mass is 32.2. The number of amides is 1. The number of hydrogen-bond acceptors (Lipinski definition) is 5. The Hall–Kier alpha value is -2.97. The van der Waals surface area contributed by atoms with Crippen molar-refractivity contribution in [2.75, 3.05) is 16.6 Å². The van der Waals surface area contributed by atoms with Crippen molar-refractivity contribution < 1.29 is 17.9 Å². The second-order valence-corrected chi connectivity index (χ2v) is 8.67. The molecule has 1 fully saturated rings. The SMILES string of the molecule is Cc1cnc2c(S(=O)(=O)Nc3ccc(NC(=O)C4CCCO4)cc3)cccc2c1. The molecule has 1 aliphatic rings. The number of rotatable bonds is 5. The number of benzene rings is 2. The average Bonchev–Trinajstić information content (AvgIpc) is 3.23. The molecular weight excluding hydrogens is 390 g/mol. The van der Waals surface area contributed by atoms with E-state index in [1.54, 1.807) is 36.5 Å². The van der Waals surface area contributed by atoms with Crippen LogP contribution in [0.4, 0.5) is 11.4 Å². The Bertz CT molecular complexity index is 1150. The van der Waals surface area contributed by atoms with E-state index in [1.807, 2.05) is 19.1 Å². The quantitative estimate of drug-likeness (QED) is 0.670. The Balaban J connectivity index is 1.52. The molecule has 0 aliphatic carbocycles. The summed E-state index contributed by atoms with van der Waals surface area (Å²) in [7, 11) is -3.82. The number of carbonyl (C=O) groups excluding carboxylic acids is 1. The van der Waals surface area contributed by atoms with Crippen molar-refractivity contribution in [3.8, 4) is 0 Å². The second kappa shape index (κ2) is 7.81. The van der Waals surface area contributed by atoms with Crippen LogP contribution in [-0.2, 0) is 19.6 Å². The molecule has 2 heterocycles. The van der Waals surface area contributed by atoms with Gasteiger partial charge in [-0.15, -0.1) is 0 Å². The Morgan fingerprint density at radius 2 is 1.90 bits per heavy atom. The molecule has 1 unspecified atom stereocenters. The molecule has 2 N–H and O–H groups in total. The molecule has 4 rings (SSSR count). The zero-order valence-electron chi connectivity index (χ0n) is 15.9. The third-order valence-corrected chi connectivity index (χ3v) is 6.14. The van der Waals surface area contributed by atoms with E-state index in [1.165, 1.54) is 6.07 Å². The molecule has 8 heteroatoms. The van der Waals surface area contributed by atoms with E-state index in [9.17, 15) is 13.2 Å². The number of nitrogens with zero attached hydrogens (tertiary/aromatic N) is 1. The third kappa shape index (κ3) is 4.23. The fraction of sp³-hybridized carbons (Fsp3) is 0.238. The number of aromatic nitrogens is 1. The molecule has 7 nitrogen and oxygen atoms in total. The minimum Gasteiger partial charge on any atom is -0.368 e. The minimum atomic E-state index is -3.82. The van der Waals surface area contributed by atoms with Gasteiger partial charge >= 0.3 is 0 Å². The molecule has 0 spiro atoms. The number of nitrogens with one attached hydrogen (secondary N) is 2. The summed E-state index contributed by atoms with van der Waals surface area (Å²) in [5, 5.41) is 3.55. The smallest absolute Gasteiger partial charge is 0.264 e. The number of ether oxygens (including phenoxy) is 1. The third-order valence-electron chi connectivity index (χ3n) is 4.73. The first-order valence-electron chi connectivity index (χ1n) is 9.33. The first kappa shape index (κ1) is 19.4. The van der Waals surface area contributed by atoms with E-state index in [4.69, 9.17) is 4.74 Å². The average molecular weight is 411 g/mol. The maximum Gasteiger partial charge on any atom is 0.264 e. The van der Waals surface area contributed by atoms with Crippen molar-refractivity contribution >= 4 is 38.2 Å². The molecule has 0 radical (unpaired) electrons. The molecule has 1 saturated heterocycles. The van der Waals surface area contributed by atoms with E-state index in [0.717, 1.165) is 17.4 Å². The summed E-state index contributed by atoms with van der Waals surface area (Å²) < 4.78 is 33.7. The van der Waals surface area contributed by atoms with Gasteiger partial charge in [-0.2, -0.15) is 0 Å². The van der Waals surface area contributed by atoms with Crippen LogP contribution in [0.3, 0.4) is 0 Å². The Labute approximate surface area is 169 Å². The van der Waals surface area contributed by atoms with Gasteiger partial charge in [0, 0.05) is 29.6 Å². The topological polar surface area (TPSA) is 97.4 Å². The molecule has 1 aromatic heterocycles. The number of fused-ring (bicyclic) bond motifs is 1. The van der Waals surface area contributed by atoms with Gasteiger partial charge in [-0.25, -0.2) is 8.42 Å². The zero-order chi connectivity index (χ0) is 20.4. The van der Waals surface area contributed by atoms with Crippen LogP contribution in [0.5, 0.6) is 0 Å². The van der Waals surface area contributed by atoms with E-state index < -0.39 is 16.1 Å². The standard InChI is InChI=1S/C21H21N3O4S/c1-14-12-15-4-2-6-19(20(15)22-13-14)29(26,27)24-17-9-7-16(8-10-17)23-21(25)18-5-3-11-28-18/h2,4,6-10,12-13,18,24H,3,5,11H2,1H3,(H,23,25). The molecule has 1 amide bonds. The summed E-state index contributed by atoms with van der Waals surface area (Å²) in [6, 6.07) is 13.5. The van der Waals surface area contributed by atoms with Crippen molar-refractivity contribution in [1.82, 2.24) is 4.98 Å². The van der Waals surface area contributed by atoms with Crippen molar-refractivity contribution in [3.63, 3.8) is 0 Å². The van der Waals surface area contributed by atoms with Gasteiger partial charge in [-0.05, 0) is 61.7 Å². The normalized spacial score (nSPS) is 16.7. The van der Waals surface area contributed by atoms with Crippen LogP contribution < -0.4 is 10.0 Å². The number of anilines is 2. The summed E-state index contributed by atoms with van der Waals surface area (Å²) >= 11 is 0. The molecule has 0 saturated carbocycles. The summed E-state index contributed by atoms with van der Waals surface area (Å²) in [6.45, 7) is 2.51. The Morgan fingerprint density at radius 1 is 1.14 bits per heavy atom. The first-order valence-corrected chi connectivity index (χ1v) is 10.8. The molecule has 150 valence electrons. The molecule has 0 bridgehead atoms. The van der Waals surface area contributed by atoms with Crippen LogP contribution in [0.25, 0.3) is 10.9 Å². The highest BCUT2D eigenvalue weighted by Crippen LogP contribution is 2.25. The summed E-state index contributed by atoms with van der Waals surface area (Å²) in [5.74, 6) is -0.187. The minimum absolute atomic E-state index is 0.116. The van der Waals surface area contributed by atoms with E-state index in [-0.39, 0.29) is 10.8 Å². The fourth-order valence-corrected chi connectivity index (χ4v) is 4.54. The largest absolute Gasteiger partial charge is 0.368 e. The van der Waals surface area contributed by atoms with Crippen LogP contribution in [0.15, 0.2) is 59.6 Å². The highest BCUT2D eigenvalue weighted by Gasteiger charge is 2.23. The van der Waals surface area contributed by atoms with Crippen LogP contribution in [-0.4, -0.2) is 32.0 Å². The van der Waals surface area contributed by atoms with Gasteiger partial charge in [0.1, 0.15) is 11.0 Å². The number of aryl methyl sites for hydroxylation is 1. The monoisotopic (exact) mass is 411 g/mol. The molecule has 1 aliphatic heterocycles. The van der Waals surface area contributed by atoms with Gasteiger partial charge in [0.05, 0.1) is 5.52 Å². The van der Waals surface area contributed by atoms with Crippen molar-refractivity contribution in [2.45, 2.75) is 30.8 Å². The number of pyridine rings is 1. The van der Waals surface area contributed by atoms with E-state index in [2.05, 4.69) is 15.0 Å². The molecule has 29 heavy (non-hydrogen) atoms. The van der Waals surface area contributed by atoms with Gasteiger partial charge in [0.2, 0.25) is 0 Å². The number of para-hydroxylation sites is 1. The van der Waals surface area contributed by atoms with Gasteiger partial charge in [0.25, 0.3) is 15.9 Å². The zero-order valence-corrected chi connectivity index (χ0v) is 16.7. The van der Waals surface area contributed by atoms with Crippen LogP contribution in [0, 0.1) is 6.92 Å². The maximum atomic E-state index is 12.9. The molecular formula is C21H21N3O4S. The highest BCUT2D eigenvalue weighted by molar-refractivity contribution is 7.93. The Morgan fingerprint density at radius 3 is 2.62 bits per heavy atom. The van der Waals surface area contributed by atoms with Gasteiger partial charge in [-0.1, -0.05) is 12.1 Å². The van der Waals surface area contributed by atoms with E-state index >= 15 is 0 Å². The molecule has 1 atom stereocenters. The summed E-state index contributed by atoms with van der Waals surface area (Å²) in [6.07, 6.45) is 2.81. The predicted molar refractivity (Wildman–Crippen MR) is 111 cm³/mol.